The normalized spacial score (nSPS) is 9.47. The molecule has 1 rings (SSSR count). The Morgan fingerprint density at radius 1 is 1.11 bits per heavy atom. The third-order valence-electron chi connectivity index (χ3n) is 2.00. The van der Waals surface area contributed by atoms with Crippen molar-refractivity contribution in [3.8, 4) is 0 Å². The van der Waals surface area contributed by atoms with Crippen molar-refractivity contribution in [2.24, 2.45) is 4.99 Å². The molecule has 0 unspecified atom stereocenters. The molecule has 103 valence electrons. The van der Waals surface area contributed by atoms with E-state index in [-0.39, 0.29) is 17.6 Å². The van der Waals surface area contributed by atoms with Crippen LogP contribution in [0, 0.1) is 0 Å². The zero-order chi connectivity index (χ0) is 13.6. The summed E-state index contributed by atoms with van der Waals surface area (Å²) in [6.07, 6.45) is 2.15. The van der Waals surface area contributed by atoms with E-state index in [1.54, 1.807) is 0 Å². The van der Waals surface area contributed by atoms with Crippen LogP contribution in [0.5, 0.6) is 0 Å². The van der Waals surface area contributed by atoms with Gasteiger partial charge in [0.05, 0.1) is 0 Å². The van der Waals surface area contributed by atoms with Crippen LogP contribution in [0.15, 0.2) is 35.3 Å². The van der Waals surface area contributed by atoms with Crippen molar-refractivity contribution < 1.29 is 0 Å². The van der Waals surface area contributed by atoms with Gasteiger partial charge in [-0.2, -0.15) is 0 Å². The fourth-order valence-corrected chi connectivity index (χ4v) is 1.26. The molecule has 0 aliphatic carbocycles. The Hall–Kier alpha value is -1.46. The van der Waals surface area contributed by atoms with E-state index in [9.17, 15) is 0 Å². The molecule has 0 fully saturated rings. The minimum atomic E-state index is 0. The number of hydrogen-bond donors (Lipinski definition) is 0. The second-order valence-corrected chi connectivity index (χ2v) is 3.53. The molecule has 1 aromatic carbocycles. The molecule has 0 bridgehead atoms. The summed E-state index contributed by atoms with van der Waals surface area (Å²) in [5, 5.41) is 5.53. The van der Waals surface area contributed by atoms with Crippen LogP contribution in [0.2, 0.25) is 0 Å². The molecule has 0 aliphatic rings. The van der Waals surface area contributed by atoms with E-state index in [0.717, 1.165) is 37.0 Å². The molecule has 0 saturated heterocycles. The van der Waals surface area contributed by atoms with Crippen LogP contribution in [0.25, 0.3) is 21.3 Å². The average molecular weight is 319 g/mol. The van der Waals surface area contributed by atoms with Crippen LogP contribution in [0.3, 0.4) is 0 Å². The van der Waals surface area contributed by atoms with Crippen LogP contribution >= 0.6 is 0 Å². The van der Waals surface area contributed by atoms with Crippen LogP contribution in [-0.2, 0) is 0 Å². The number of hydrogen-bond acceptors (Lipinski definition) is 1. The second-order valence-electron chi connectivity index (χ2n) is 3.53. The first-order valence-corrected chi connectivity index (χ1v) is 6.05. The van der Waals surface area contributed by atoms with E-state index >= 15 is 0 Å². The minimum Gasteiger partial charge on any atom is -0.373 e. The van der Waals surface area contributed by atoms with Gasteiger partial charge in [0.2, 0.25) is 0 Å². The van der Waals surface area contributed by atoms with E-state index in [1.165, 1.54) is 4.91 Å². The molecular formula is C13H20GeN5-2. The standard InChI is InChI=1S/C13H19N2.GeH.N3/c1-3-10-14-12-8-6-5-7-9-13(12)15-11-4-2;;1-3-2/h5-9H,3-4,10-11H2,1-2H3;1H;/q-1;;-1. The summed E-state index contributed by atoms with van der Waals surface area (Å²) < 4.78 is 0. The van der Waals surface area contributed by atoms with E-state index in [0.29, 0.717) is 0 Å². The molecule has 0 amide bonds. The molecule has 0 heterocycles. The fourth-order valence-electron chi connectivity index (χ4n) is 1.26. The molecule has 3 radical (unpaired) electrons. The SMILES string of the molecule is CCCN=c1cccccc1[N-]CCC.[GeH].[N-]=[N+]=[N-]. The largest absolute Gasteiger partial charge is 0.373 e. The molecule has 6 heteroatoms. The van der Waals surface area contributed by atoms with Crippen LogP contribution in [0.1, 0.15) is 26.7 Å². The third kappa shape index (κ3) is 10.2. The first kappa shape index (κ1) is 19.9. The van der Waals surface area contributed by atoms with Gasteiger partial charge in [-0.1, -0.05) is 44.5 Å². The van der Waals surface area contributed by atoms with Crippen molar-refractivity contribution in [1.29, 1.82) is 0 Å². The Labute approximate surface area is 125 Å². The Balaban J connectivity index is 0. The van der Waals surface area contributed by atoms with Gasteiger partial charge in [-0.25, -0.2) is 0 Å². The van der Waals surface area contributed by atoms with E-state index in [1.807, 2.05) is 30.3 Å². The van der Waals surface area contributed by atoms with Gasteiger partial charge in [0.15, 0.2) is 0 Å². The van der Waals surface area contributed by atoms with E-state index in [2.05, 4.69) is 24.2 Å². The maximum Gasteiger partial charge on any atom is -0.255 e. The quantitative estimate of drug-likeness (QED) is 0.343. The monoisotopic (exact) mass is 320 g/mol. The summed E-state index contributed by atoms with van der Waals surface area (Å²) in [4.78, 5) is 6.02. The van der Waals surface area contributed by atoms with Crippen LogP contribution in [-0.4, -0.2) is 30.7 Å². The molecule has 19 heavy (non-hydrogen) atoms. The van der Waals surface area contributed by atoms with Crippen molar-refractivity contribution in [3.05, 3.63) is 57.0 Å². The molecule has 0 N–H and O–H groups in total. The number of nitrogens with zero attached hydrogens (tertiary/aromatic N) is 5. The van der Waals surface area contributed by atoms with Gasteiger partial charge >= 0.3 is 17.6 Å². The van der Waals surface area contributed by atoms with Gasteiger partial charge in [-0.15, -0.1) is 12.2 Å². The predicted octanol–water partition coefficient (Wildman–Crippen LogP) is 3.63. The summed E-state index contributed by atoms with van der Waals surface area (Å²) in [6, 6.07) is 10.1. The predicted molar refractivity (Wildman–Crippen MR) is 82.6 cm³/mol. The third-order valence-corrected chi connectivity index (χ3v) is 2.00. The van der Waals surface area contributed by atoms with Crippen LogP contribution < -0.4 is 5.36 Å². The first-order chi connectivity index (χ1) is 8.79. The smallest absolute Gasteiger partial charge is 0.255 e. The molecule has 0 aromatic heterocycles. The van der Waals surface area contributed by atoms with Crippen LogP contribution in [0.4, 0.5) is 5.69 Å². The second kappa shape index (κ2) is 14.6. The van der Waals surface area contributed by atoms with Crippen molar-refractivity contribution >= 4 is 23.3 Å². The maximum atomic E-state index is 6.75. The zero-order valence-corrected chi connectivity index (χ0v) is 14.0. The van der Waals surface area contributed by atoms with Crippen molar-refractivity contribution in [2.45, 2.75) is 26.7 Å². The minimum absolute atomic E-state index is 0. The summed E-state index contributed by atoms with van der Waals surface area (Å²) >= 11 is 0. The molecule has 0 spiro atoms. The fraction of sp³-hybridized carbons (Fsp3) is 0.462. The Kier molecular flexibility index (Phi) is 15.3. The molecule has 0 aliphatic heterocycles. The van der Waals surface area contributed by atoms with Gasteiger partial charge < -0.3 is 16.4 Å². The van der Waals surface area contributed by atoms with Gasteiger partial charge in [-0.3, -0.25) is 9.90 Å². The van der Waals surface area contributed by atoms with Gasteiger partial charge in [0.25, 0.3) is 0 Å². The number of rotatable bonds is 5. The summed E-state index contributed by atoms with van der Waals surface area (Å²) in [7, 11) is 0. The Morgan fingerprint density at radius 2 is 1.74 bits per heavy atom. The van der Waals surface area contributed by atoms with E-state index < -0.39 is 0 Å². The summed E-state index contributed by atoms with van der Waals surface area (Å²) in [5.41, 5.74) is 14.5. The molecule has 1 aromatic rings. The average Bonchev–Trinajstić information content (AvgIpc) is 2.60. The van der Waals surface area contributed by atoms with Crippen molar-refractivity contribution in [3.63, 3.8) is 0 Å². The Bertz CT molecular complexity index is 427. The first-order valence-electron chi connectivity index (χ1n) is 6.05. The Morgan fingerprint density at radius 3 is 2.32 bits per heavy atom. The van der Waals surface area contributed by atoms with Crippen molar-refractivity contribution in [2.75, 3.05) is 13.1 Å². The topological polar surface area (TPSA) is 85.2 Å². The van der Waals surface area contributed by atoms with E-state index in [4.69, 9.17) is 11.1 Å². The van der Waals surface area contributed by atoms with Gasteiger partial charge in [-0.05, 0) is 12.5 Å². The maximum absolute atomic E-state index is 6.75. The summed E-state index contributed by atoms with van der Waals surface area (Å²) in [6.45, 7) is 6.02. The molecule has 0 saturated carbocycles. The molecule has 5 nitrogen and oxygen atoms in total. The zero-order valence-electron chi connectivity index (χ0n) is 11.5. The van der Waals surface area contributed by atoms with Gasteiger partial charge in [0, 0.05) is 11.9 Å². The van der Waals surface area contributed by atoms with Crippen molar-refractivity contribution in [1.82, 2.24) is 0 Å². The molecule has 0 atom stereocenters. The summed E-state index contributed by atoms with van der Waals surface area (Å²) in [5.74, 6) is 0. The van der Waals surface area contributed by atoms with Gasteiger partial charge in [0.1, 0.15) is 0 Å². The molecular weight excluding hydrogens is 299 g/mol.